The Bertz CT molecular complexity index is 1170. The molecule has 0 saturated carbocycles. The van der Waals surface area contributed by atoms with E-state index in [2.05, 4.69) is 0 Å². The van der Waals surface area contributed by atoms with Gasteiger partial charge in [0.05, 0.1) is 23.8 Å². The van der Waals surface area contributed by atoms with Crippen molar-refractivity contribution in [3.05, 3.63) is 70.5 Å². The van der Waals surface area contributed by atoms with Crippen LogP contribution < -0.4 is 0 Å². The normalized spacial score (nSPS) is 24.5. The summed E-state index contributed by atoms with van der Waals surface area (Å²) in [6.45, 7) is 7.26. The Labute approximate surface area is 227 Å². The third-order valence-electron chi connectivity index (χ3n) is 7.04. The van der Waals surface area contributed by atoms with Crippen LogP contribution in [-0.4, -0.2) is 42.6 Å². The van der Waals surface area contributed by atoms with E-state index >= 15 is 0 Å². The molecule has 2 heterocycles. The molecule has 2 aliphatic heterocycles. The molecule has 5 nitrogen and oxygen atoms in total. The standard InChI is InChI=1S/C28H30F7NO4/c1-15(17-9-19(27(30,31)32)11-20(10-17)28(33,34)35)39-24-23(16-5-7-21(29)8-6-16)22-13-36(12-18(22)14-38-24)25(37)40-26(2,3)4/h5-11,15,18,22-24H,12-14H2,1-4H3/t15-,18+,22-,23+,24-/m1/s1. The molecule has 4 rings (SSSR count). The smallest absolute Gasteiger partial charge is 0.416 e. The molecule has 0 radical (unpaired) electrons. The molecule has 12 heteroatoms. The number of ether oxygens (including phenoxy) is 3. The molecule has 2 saturated heterocycles. The maximum Gasteiger partial charge on any atom is 0.416 e. The summed E-state index contributed by atoms with van der Waals surface area (Å²) in [6, 6.07) is 6.83. The van der Waals surface area contributed by atoms with Gasteiger partial charge in [-0.25, -0.2) is 9.18 Å². The van der Waals surface area contributed by atoms with E-state index in [1.807, 2.05) is 0 Å². The second-order valence-corrected chi connectivity index (χ2v) is 11.2. The van der Waals surface area contributed by atoms with Crippen molar-refractivity contribution in [1.82, 2.24) is 4.90 Å². The number of rotatable bonds is 4. The van der Waals surface area contributed by atoms with Gasteiger partial charge in [-0.2, -0.15) is 26.3 Å². The molecule has 0 spiro atoms. The Hall–Kier alpha value is -2.86. The maximum atomic E-state index is 13.7. The van der Waals surface area contributed by atoms with E-state index in [0.717, 1.165) is 0 Å². The van der Waals surface area contributed by atoms with Gasteiger partial charge in [0, 0.05) is 24.9 Å². The summed E-state index contributed by atoms with van der Waals surface area (Å²) < 4.78 is 112. The molecular weight excluding hydrogens is 547 g/mol. The number of alkyl halides is 6. The predicted molar refractivity (Wildman–Crippen MR) is 130 cm³/mol. The number of hydrogen-bond acceptors (Lipinski definition) is 4. The van der Waals surface area contributed by atoms with Gasteiger partial charge in [0.1, 0.15) is 11.4 Å². The zero-order valence-electron chi connectivity index (χ0n) is 22.3. The molecular formula is C28H30F7NO4. The van der Waals surface area contributed by atoms with E-state index in [1.165, 1.54) is 36.1 Å². The summed E-state index contributed by atoms with van der Waals surface area (Å²) in [5.41, 5.74) is -3.35. The Morgan fingerprint density at radius 3 is 2.05 bits per heavy atom. The lowest BCUT2D eigenvalue weighted by atomic mass is 9.77. The molecule has 0 aromatic heterocycles. The fraction of sp³-hybridized carbons (Fsp3) is 0.536. The molecule has 2 fully saturated rings. The molecule has 220 valence electrons. The molecule has 0 unspecified atom stereocenters. The quantitative estimate of drug-likeness (QED) is 0.352. The van der Waals surface area contributed by atoms with Crippen LogP contribution in [-0.2, 0) is 26.6 Å². The highest BCUT2D eigenvalue weighted by atomic mass is 19.4. The van der Waals surface area contributed by atoms with Crippen LogP contribution in [0.3, 0.4) is 0 Å². The van der Waals surface area contributed by atoms with Crippen molar-refractivity contribution in [3.8, 4) is 0 Å². The van der Waals surface area contributed by atoms with Crippen molar-refractivity contribution < 1.29 is 49.7 Å². The summed E-state index contributed by atoms with van der Waals surface area (Å²) in [6.07, 6.45) is -12.8. The fourth-order valence-corrected chi connectivity index (χ4v) is 5.19. The third-order valence-corrected chi connectivity index (χ3v) is 7.04. The van der Waals surface area contributed by atoms with Gasteiger partial charge in [-0.1, -0.05) is 12.1 Å². The van der Waals surface area contributed by atoms with Crippen LogP contribution in [0.5, 0.6) is 0 Å². The summed E-state index contributed by atoms with van der Waals surface area (Å²) >= 11 is 0. The van der Waals surface area contributed by atoms with Crippen molar-refractivity contribution in [2.45, 2.75) is 64.0 Å². The van der Waals surface area contributed by atoms with Crippen LogP contribution in [0, 0.1) is 17.7 Å². The summed E-state index contributed by atoms with van der Waals surface area (Å²) in [5.74, 6) is -1.49. The first-order valence-electron chi connectivity index (χ1n) is 12.7. The second kappa shape index (κ2) is 10.8. The molecule has 0 aliphatic carbocycles. The molecule has 2 aromatic carbocycles. The van der Waals surface area contributed by atoms with Gasteiger partial charge in [0.15, 0.2) is 6.29 Å². The Balaban J connectivity index is 1.64. The van der Waals surface area contributed by atoms with E-state index < -0.39 is 59.3 Å². The second-order valence-electron chi connectivity index (χ2n) is 11.2. The average molecular weight is 578 g/mol. The maximum absolute atomic E-state index is 13.7. The largest absolute Gasteiger partial charge is 0.444 e. The number of amides is 1. The predicted octanol–water partition coefficient (Wildman–Crippen LogP) is 7.56. The lowest BCUT2D eigenvalue weighted by molar-refractivity contribution is -0.217. The summed E-state index contributed by atoms with van der Waals surface area (Å²) in [4.78, 5) is 14.3. The van der Waals surface area contributed by atoms with Gasteiger partial charge in [-0.05, 0) is 75.1 Å². The zero-order chi connectivity index (χ0) is 29.6. The number of carbonyl (C=O) groups is 1. The van der Waals surface area contributed by atoms with Crippen molar-refractivity contribution in [2.24, 2.45) is 11.8 Å². The van der Waals surface area contributed by atoms with Crippen molar-refractivity contribution in [3.63, 3.8) is 0 Å². The molecule has 5 atom stereocenters. The van der Waals surface area contributed by atoms with E-state index in [-0.39, 0.29) is 36.6 Å². The number of nitrogens with zero attached hydrogens (tertiary/aromatic N) is 1. The van der Waals surface area contributed by atoms with E-state index in [4.69, 9.17) is 14.2 Å². The van der Waals surface area contributed by atoms with Crippen molar-refractivity contribution in [1.29, 1.82) is 0 Å². The first-order chi connectivity index (χ1) is 18.4. The third kappa shape index (κ3) is 6.88. The van der Waals surface area contributed by atoms with Crippen LogP contribution in [0.4, 0.5) is 35.5 Å². The van der Waals surface area contributed by atoms with Crippen LogP contribution in [0.2, 0.25) is 0 Å². The monoisotopic (exact) mass is 577 g/mol. The Kier molecular flexibility index (Phi) is 8.16. The fourth-order valence-electron chi connectivity index (χ4n) is 5.19. The average Bonchev–Trinajstić information content (AvgIpc) is 3.27. The van der Waals surface area contributed by atoms with Gasteiger partial charge < -0.3 is 19.1 Å². The highest BCUT2D eigenvalue weighted by Crippen LogP contribution is 2.45. The minimum absolute atomic E-state index is 0.0586. The Morgan fingerprint density at radius 2 is 1.52 bits per heavy atom. The summed E-state index contributed by atoms with van der Waals surface area (Å²) in [7, 11) is 0. The van der Waals surface area contributed by atoms with E-state index in [1.54, 1.807) is 20.8 Å². The Morgan fingerprint density at radius 1 is 0.950 bits per heavy atom. The lowest BCUT2D eigenvalue weighted by Gasteiger charge is -2.40. The van der Waals surface area contributed by atoms with Crippen molar-refractivity contribution >= 4 is 6.09 Å². The number of benzene rings is 2. The lowest BCUT2D eigenvalue weighted by Crippen LogP contribution is -2.42. The number of halogens is 7. The molecule has 1 amide bonds. The van der Waals surface area contributed by atoms with Gasteiger partial charge >= 0.3 is 18.4 Å². The minimum atomic E-state index is -5.00. The van der Waals surface area contributed by atoms with Crippen LogP contribution >= 0.6 is 0 Å². The number of likely N-dealkylation sites (tertiary alicyclic amines) is 1. The first kappa shape index (κ1) is 30.1. The van der Waals surface area contributed by atoms with Crippen LogP contribution in [0.15, 0.2) is 42.5 Å². The highest BCUT2D eigenvalue weighted by molar-refractivity contribution is 5.68. The molecule has 40 heavy (non-hydrogen) atoms. The van der Waals surface area contributed by atoms with Gasteiger partial charge in [-0.15, -0.1) is 0 Å². The van der Waals surface area contributed by atoms with Gasteiger partial charge in [0.2, 0.25) is 0 Å². The summed E-state index contributed by atoms with van der Waals surface area (Å²) in [5, 5.41) is 0. The van der Waals surface area contributed by atoms with Crippen molar-refractivity contribution in [2.75, 3.05) is 19.7 Å². The number of hydrogen-bond donors (Lipinski definition) is 0. The number of carbonyl (C=O) groups excluding carboxylic acids is 1. The van der Waals surface area contributed by atoms with Gasteiger partial charge in [0.25, 0.3) is 0 Å². The SMILES string of the molecule is C[C@@H](O[C@H]1OC[C@@H]2CN(C(=O)OC(C)(C)C)C[C@H]2[C@@H]1c1ccc(F)cc1)c1cc(C(F)(F)F)cc(C(F)(F)F)c1. The zero-order valence-corrected chi connectivity index (χ0v) is 22.3. The van der Waals surface area contributed by atoms with Gasteiger partial charge in [-0.3, -0.25) is 0 Å². The van der Waals surface area contributed by atoms with E-state index in [0.29, 0.717) is 24.2 Å². The van der Waals surface area contributed by atoms with E-state index in [9.17, 15) is 35.5 Å². The van der Waals surface area contributed by atoms with Crippen LogP contribution in [0.1, 0.15) is 62.0 Å². The minimum Gasteiger partial charge on any atom is -0.444 e. The number of fused-ring (bicyclic) bond motifs is 1. The molecule has 2 aromatic rings. The molecule has 0 N–H and O–H groups in total. The molecule has 2 aliphatic rings. The van der Waals surface area contributed by atoms with Crippen LogP contribution in [0.25, 0.3) is 0 Å². The molecule has 0 bridgehead atoms. The highest BCUT2D eigenvalue weighted by Gasteiger charge is 2.49. The topological polar surface area (TPSA) is 48.0 Å². The first-order valence-corrected chi connectivity index (χ1v) is 12.7.